The molecule has 0 aliphatic heterocycles. The molecule has 2 bridgehead atoms. The van der Waals surface area contributed by atoms with Gasteiger partial charge < -0.3 is 40.2 Å². The maximum Gasteiger partial charge on any atom is 0.251 e. The van der Waals surface area contributed by atoms with Crippen molar-refractivity contribution in [3.8, 4) is 11.5 Å². The number of carbonyl (C=O) groups is 1. The van der Waals surface area contributed by atoms with Gasteiger partial charge >= 0.3 is 0 Å². The monoisotopic (exact) mass is 591 g/mol. The lowest BCUT2D eigenvalue weighted by atomic mass is 9.95. The van der Waals surface area contributed by atoms with E-state index in [4.69, 9.17) is 18.9 Å². The lowest BCUT2D eigenvalue weighted by Crippen LogP contribution is -2.27. The molecule has 2 saturated carbocycles. The average Bonchev–Trinajstić information content (AvgIpc) is 3.66. The minimum atomic E-state index is -0.110. The molecule has 1 heterocycles. The van der Waals surface area contributed by atoms with Crippen molar-refractivity contribution in [1.82, 2.24) is 20.3 Å². The van der Waals surface area contributed by atoms with Gasteiger partial charge in [-0.15, -0.1) is 0 Å². The minimum absolute atomic E-state index is 0.110. The summed E-state index contributed by atoms with van der Waals surface area (Å²) in [7, 11) is 3.21. The molecule has 43 heavy (non-hydrogen) atoms. The van der Waals surface area contributed by atoms with E-state index in [-0.39, 0.29) is 5.91 Å². The highest BCUT2D eigenvalue weighted by Gasteiger charge is 2.39. The van der Waals surface area contributed by atoms with Crippen molar-refractivity contribution in [3.05, 3.63) is 54.1 Å². The van der Waals surface area contributed by atoms with Crippen molar-refractivity contribution in [1.29, 1.82) is 0 Å². The fourth-order valence-corrected chi connectivity index (χ4v) is 5.69. The molecule has 3 atom stereocenters. The normalized spacial score (nSPS) is 18.7. The van der Waals surface area contributed by atoms with Crippen molar-refractivity contribution >= 4 is 29.4 Å². The molecule has 1 aromatic heterocycles. The summed E-state index contributed by atoms with van der Waals surface area (Å²) in [5.41, 5.74) is 1.40. The topological polar surface area (TPSA) is 141 Å². The first-order valence-electron chi connectivity index (χ1n) is 14.9. The van der Waals surface area contributed by atoms with Crippen LogP contribution in [-0.2, 0) is 9.47 Å². The molecule has 1 amide bonds. The molecular formula is C31H41N7O5. The lowest BCUT2D eigenvalue weighted by Gasteiger charge is -2.23. The smallest absolute Gasteiger partial charge is 0.251 e. The zero-order valence-electron chi connectivity index (χ0n) is 24.8. The predicted molar refractivity (Wildman–Crippen MR) is 164 cm³/mol. The Bertz CT molecular complexity index is 1330. The number of rotatable bonds is 17. The van der Waals surface area contributed by atoms with Crippen molar-refractivity contribution in [3.63, 3.8) is 0 Å². The summed E-state index contributed by atoms with van der Waals surface area (Å²) >= 11 is 0. The molecule has 4 N–H and O–H groups in total. The van der Waals surface area contributed by atoms with Gasteiger partial charge in [0.25, 0.3) is 5.91 Å². The maximum atomic E-state index is 12.0. The largest absolute Gasteiger partial charge is 0.493 e. The van der Waals surface area contributed by atoms with Crippen LogP contribution in [-0.4, -0.2) is 80.6 Å². The number of aromatic nitrogens is 3. The van der Waals surface area contributed by atoms with E-state index in [1.54, 1.807) is 26.4 Å². The summed E-state index contributed by atoms with van der Waals surface area (Å²) in [6.45, 7) is 2.69. The quantitative estimate of drug-likeness (QED) is 0.169. The van der Waals surface area contributed by atoms with E-state index in [1.807, 2.05) is 36.4 Å². The highest BCUT2D eigenvalue weighted by atomic mass is 16.5. The summed E-state index contributed by atoms with van der Waals surface area (Å²) in [6, 6.07) is 15.1. The zero-order chi connectivity index (χ0) is 29.9. The number of amides is 1. The first-order valence-corrected chi connectivity index (χ1v) is 14.9. The summed E-state index contributed by atoms with van der Waals surface area (Å²) in [6.07, 6.45) is 5.04. The van der Waals surface area contributed by atoms with E-state index in [9.17, 15) is 4.79 Å². The van der Waals surface area contributed by atoms with Gasteiger partial charge in [-0.25, -0.2) is 0 Å². The number of hydrogen-bond acceptors (Lipinski definition) is 11. The van der Waals surface area contributed by atoms with Gasteiger partial charge in [-0.2, -0.15) is 15.0 Å². The Morgan fingerprint density at radius 1 is 0.814 bits per heavy atom. The number of nitrogens with one attached hydrogen (secondary N) is 4. The number of hydrogen-bond donors (Lipinski definition) is 4. The molecule has 12 nitrogen and oxygen atoms in total. The molecule has 0 spiro atoms. The lowest BCUT2D eigenvalue weighted by molar-refractivity contribution is 0.0519. The van der Waals surface area contributed by atoms with Gasteiger partial charge in [-0.1, -0.05) is 24.6 Å². The fourth-order valence-electron chi connectivity index (χ4n) is 5.69. The van der Waals surface area contributed by atoms with Crippen molar-refractivity contribution < 1.29 is 23.7 Å². The summed E-state index contributed by atoms with van der Waals surface area (Å²) in [4.78, 5) is 25.9. The molecule has 3 aromatic rings. The molecule has 2 fully saturated rings. The van der Waals surface area contributed by atoms with E-state index >= 15 is 0 Å². The van der Waals surface area contributed by atoms with Crippen LogP contribution in [0.4, 0.5) is 23.5 Å². The van der Waals surface area contributed by atoms with E-state index < -0.39 is 0 Å². The molecule has 230 valence electrons. The van der Waals surface area contributed by atoms with Crippen LogP contribution in [0.15, 0.2) is 48.5 Å². The Hall–Kier alpha value is -4.16. The third kappa shape index (κ3) is 8.68. The Kier molecular flexibility index (Phi) is 10.8. The minimum Gasteiger partial charge on any atom is -0.493 e. The third-order valence-corrected chi connectivity index (χ3v) is 7.80. The van der Waals surface area contributed by atoms with Crippen LogP contribution >= 0.6 is 0 Å². The highest BCUT2D eigenvalue weighted by molar-refractivity contribution is 5.94. The SMILES string of the molecule is COc1ccc(Nc2nc(NCCOCCOCCNC(=O)c3ccccc3)nc(NC3CC4CCC3C4)n2)cc1OC. The molecule has 12 heteroatoms. The molecular weight excluding hydrogens is 550 g/mol. The molecule has 3 unspecified atom stereocenters. The van der Waals surface area contributed by atoms with E-state index in [1.165, 1.54) is 19.3 Å². The second-order valence-electron chi connectivity index (χ2n) is 10.7. The van der Waals surface area contributed by atoms with E-state index in [2.05, 4.69) is 36.2 Å². The van der Waals surface area contributed by atoms with E-state index in [0.717, 1.165) is 18.0 Å². The molecule has 5 rings (SSSR count). The Labute approximate surface area is 252 Å². The van der Waals surface area contributed by atoms with Crippen LogP contribution in [0.2, 0.25) is 0 Å². The van der Waals surface area contributed by atoms with Gasteiger partial charge in [0, 0.05) is 36.4 Å². The Balaban J connectivity index is 1.07. The Morgan fingerprint density at radius 2 is 1.56 bits per heavy atom. The molecule has 0 radical (unpaired) electrons. The van der Waals surface area contributed by atoms with Crippen LogP contribution in [0, 0.1) is 11.8 Å². The van der Waals surface area contributed by atoms with Gasteiger partial charge in [-0.3, -0.25) is 4.79 Å². The maximum absolute atomic E-state index is 12.0. The first kappa shape index (κ1) is 30.3. The second-order valence-corrected chi connectivity index (χ2v) is 10.7. The Morgan fingerprint density at radius 3 is 2.28 bits per heavy atom. The van der Waals surface area contributed by atoms with E-state index in [0.29, 0.717) is 86.4 Å². The zero-order valence-corrected chi connectivity index (χ0v) is 24.8. The van der Waals surface area contributed by atoms with Crippen molar-refractivity contribution in [2.24, 2.45) is 11.8 Å². The summed E-state index contributed by atoms with van der Waals surface area (Å²) in [5, 5.41) is 12.9. The molecule has 2 aliphatic carbocycles. The fraction of sp³-hybridized carbons (Fsp3) is 0.484. The van der Waals surface area contributed by atoms with Gasteiger partial charge in [0.05, 0.1) is 40.6 Å². The molecule has 2 aliphatic rings. The number of ether oxygens (including phenoxy) is 4. The van der Waals surface area contributed by atoms with Gasteiger partial charge in [0.1, 0.15) is 0 Å². The molecule has 2 aromatic carbocycles. The molecule has 0 saturated heterocycles. The number of fused-ring (bicyclic) bond motifs is 2. The van der Waals surface area contributed by atoms with Crippen LogP contribution < -0.4 is 30.7 Å². The number of methoxy groups -OCH3 is 2. The standard InChI is InChI=1S/C31H41N7O5/c1-40-26-11-10-24(20-27(26)41-2)34-30-36-29(37-31(38-30)35-25-19-21-8-9-23(25)18-21)33-13-15-43-17-16-42-14-12-32-28(39)22-6-4-3-5-7-22/h3-7,10-11,20-21,23,25H,8-9,12-19H2,1-2H3,(H,32,39)(H3,33,34,35,36,37,38). The number of benzene rings is 2. The predicted octanol–water partition coefficient (Wildman–Crippen LogP) is 4.11. The van der Waals surface area contributed by atoms with Crippen molar-refractivity contribution in [2.45, 2.75) is 31.7 Å². The number of anilines is 4. The van der Waals surface area contributed by atoms with Crippen molar-refractivity contribution in [2.75, 3.05) is 69.7 Å². The summed E-state index contributed by atoms with van der Waals surface area (Å²) < 4.78 is 22.0. The van der Waals surface area contributed by atoms with Crippen LogP contribution in [0.5, 0.6) is 11.5 Å². The third-order valence-electron chi connectivity index (χ3n) is 7.80. The van der Waals surface area contributed by atoms with Crippen LogP contribution in [0.1, 0.15) is 36.0 Å². The number of carbonyl (C=O) groups excluding carboxylic acids is 1. The van der Waals surface area contributed by atoms with Gasteiger partial charge in [0.15, 0.2) is 11.5 Å². The summed E-state index contributed by atoms with van der Waals surface area (Å²) in [5.74, 6) is 4.05. The van der Waals surface area contributed by atoms with Crippen LogP contribution in [0.3, 0.4) is 0 Å². The van der Waals surface area contributed by atoms with Crippen LogP contribution in [0.25, 0.3) is 0 Å². The highest BCUT2D eigenvalue weighted by Crippen LogP contribution is 2.45. The first-order chi connectivity index (χ1) is 21.1. The average molecular weight is 592 g/mol. The second kappa shape index (κ2) is 15.4. The van der Waals surface area contributed by atoms with Gasteiger partial charge in [-0.05, 0) is 55.4 Å². The number of nitrogens with zero attached hydrogens (tertiary/aromatic N) is 3. The van der Waals surface area contributed by atoms with Gasteiger partial charge in [0.2, 0.25) is 17.8 Å².